The molecule has 1 fully saturated rings. The monoisotopic (exact) mass is 289 g/mol. The summed E-state index contributed by atoms with van der Waals surface area (Å²) in [5.41, 5.74) is 1.84. The van der Waals surface area contributed by atoms with Crippen LogP contribution in [-0.4, -0.2) is 44.7 Å². The molecule has 0 aliphatic carbocycles. The number of amides is 1. The molecule has 1 aliphatic heterocycles. The minimum absolute atomic E-state index is 0.183. The summed E-state index contributed by atoms with van der Waals surface area (Å²) in [7, 11) is 1.68. The fourth-order valence-electron chi connectivity index (χ4n) is 3.02. The number of fused-ring (bicyclic) bond motifs is 1. The predicted molar refractivity (Wildman–Crippen MR) is 79.4 cm³/mol. The second-order valence-corrected chi connectivity index (χ2v) is 5.73. The molecule has 6 nitrogen and oxygen atoms in total. The van der Waals surface area contributed by atoms with Gasteiger partial charge in [-0.05, 0) is 25.3 Å². The van der Waals surface area contributed by atoms with Crippen molar-refractivity contribution in [2.45, 2.75) is 25.9 Å². The van der Waals surface area contributed by atoms with Gasteiger partial charge in [-0.2, -0.15) is 0 Å². The third-order valence-electron chi connectivity index (χ3n) is 4.11. The lowest BCUT2D eigenvalue weighted by Gasteiger charge is -2.29. The van der Waals surface area contributed by atoms with Crippen molar-refractivity contribution < 1.29 is 9.90 Å². The number of rotatable bonds is 1. The van der Waals surface area contributed by atoms with Crippen LogP contribution in [0.3, 0.4) is 0 Å². The lowest BCUT2D eigenvalue weighted by atomic mass is 10.1. The number of β-amino-alcohol motifs (C(OH)–C–C–N with tert-alkyl or cyclic N) is 1. The second kappa shape index (κ2) is 5.04. The highest BCUT2D eigenvalue weighted by molar-refractivity contribution is 6.07. The van der Waals surface area contributed by atoms with Crippen LogP contribution < -0.4 is 5.56 Å². The van der Waals surface area contributed by atoms with Crippen LogP contribution in [0.4, 0.5) is 0 Å². The van der Waals surface area contributed by atoms with Crippen molar-refractivity contribution in [2.24, 2.45) is 7.05 Å². The third kappa shape index (κ3) is 2.25. The molecule has 1 atom stereocenters. The van der Waals surface area contributed by atoms with Crippen molar-refractivity contribution in [3.05, 3.63) is 33.9 Å². The van der Waals surface area contributed by atoms with E-state index >= 15 is 0 Å². The number of H-pyrrole nitrogens is 1. The molecule has 0 saturated carbocycles. The molecule has 0 radical (unpaired) electrons. The highest BCUT2D eigenvalue weighted by Gasteiger charge is 2.26. The van der Waals surface area contributed by atoms with Gasteiger partial charge in [-0.25, -0.2) is 0 Å². The fourth-order valence-corrected chi connectivity index (χ4v) is 3.02. The molecule has 112 valence electrons. The lowest BCUT2D eigenvalue weighted by Crippen LogP contribution is -2.42. The summed E-state index contributed by atoms with van der Waals surface area (Å²) in [5, 5.41) is 10.1. The molecule has 0 spiro atoms. The summed E-state index contributed by atoms with van der Waals surface area (Å²) < 4.78 is 1.49. The van der Waals surface area contributed by atoms with E-state index < -0.39 is 6.10 Å². The summed E-state index contributed by atoms with van der Waals surface area (Å²) in [6.45, 7) is 2.85. The van der Waals surface area contributed by atoms with E-state index in [0.29, 0.717) is 29.6 Å². The number of aliphatic hydroxyl groups excluding tert-OH is 1. The third-order valence-corrected chi connectivity index (χ3v) is 4.11. The first kappa shape index (κ1) is 13.9. The van der Waals surface area contributed by atoms with E-state index in [1.807, 2.05) is 6.92 Å². The highest BCUT2D eigenvalue weighted by atomic mass is 16.3. The first-order chi connectivity index (χ1) is 9.99. The zero-order valence-corrected chi connectivity index (χ0v) is 12.2. The summed E-state index contributed by atoms with van der Waals surface area (Å²) in [6.07, 6.45) is 4.38. The quantitative estimate of drug-likeness (QED) is 0.814. The average Bonchev–Trinajstić information content (AvgIpc) is 2.89. The Balaban J connectivity index is 2.09. The summed E-state index contributed by atoms with van der Waals surface area (Å²) in [5.74, 6) is -0.192. The molecule has 3 heterocycles. The Morgan fingerprint density at radius 1 is 1.48 bits per heavy atom. The van der Waals surface area contributed by atoms with E-state index in [4.69, 9.17) is 0 Å². The molecular weight excluding hydrogens is 270 g/mol. The van der Waals surface area contributed by atoms with Crippen LogP contribution in [-0.2, 0) is 7.05 Å². The number of hydrogen-bond acceptors (Lipinski definition) is 3. The van der Waals surface area contributed by atoms with Crippen molar-refractivity contribution in [3.8, 4) is 0 Å². The van der Waals surface area contributed by atoms with E-state index in [2.05, 4.69) is 4.98 Å². The predicted octanol–water partition coefficient (Wildman–Crippen LogP) is 0.772. The number of aromatic amines is 1. The molecule has 1 unspecified atom stereocenters. The van der Waals surface area contributed by atoms with E-state index in [0.717, 1.165) is 18.4 Å². The fraction of sp³-hybridized carbons (Fsp3) is 0.467. The number of pyridine rings is 1. The minimum Gasteiger partial charge on any atom is -0.391 e. The van der Waals surface area contributed by atoms with Crippen LogP contribution in [0.1, 0.15) is 28.8 Å². The molecule has 0 bridgehead atoms. The van der Waals surface area contributed by atoms with Gasteiger partial charge in [0, 0.05) is 32.5 Å². The summed E-state index contributed by atoms with van der Waals surface area (Å²) in [6, 6.07) is 0. The number of piperidine rings is 1. The number of likely N-dealkylation sites (tertiary alicyclic amines) is 1. The van der Waals surface area contributed by atoms with Gasteiger partial charge in [-0.3, -0.25) is 9.59 Å². The van der Waals surface area contributed by atoms with Crippen molar-refractivity contribution >= 4 is 16.8 Å². The molecule has 21 heavy (non-hydrogen) atoms. The van der Waals surface area contributed by atoms with Crippen molar-refractivity contribution in [3.63, 3.8) is 0 Å². The number of carbonyl (C=O) groups excluding carboxylic acids is 1. The van der Waals surface area contributed by atoms with Gasteiger partial charge in [-0.1, -0.05) is 0 Å². The number of nitrogens with one attached hydrogen (secondary N) is 1. The van der Waals surface area contributed by atoms with Gasteiger partial charge < -0.3 is 19.6 Å². The number of hydrogen-bond donors (Lipinski definition) is 2. The van der Waals surface area contributed by atoms with Crippen LogP contribution in [0.25, 0.3) is 10.9 Å². The molecule has 0 aromatic carbocycles. The standard InChI is InChI=1S/C15H19N3O3/c1-9-7-17(2)15(21)12-11(6-16-13(9)12)14(20)18-5-3-4-10(19)8-18/h6-7,10,16,19H,3-5,8H2,1-2H3. The molecule has 2 N–H and O–H groups in total. The molecule has 2 aromatic rings. The zero-order valence-electron chi connectivity index (χ0n) is 12.2. The van der Waals surface area contributed by atoms with Gasteiger partial charge >= 0.3 is 0 Å². The van der Waals surface area contributed by atoms with E-state index in [9.17, 15) is 14.7 Å². The number of aliphatic hydroxyl groups is 1. The molecule has 3 rings (SSSR count). The normalized spacial score (nSPS) is 19.2. The SMILES string of the molecule is Cc1cn(C)c(=O)c2c(C(=O)N3CCCC(O)C3)c[nH]c12. The summed E-state index contributed by atoms with van der Waals surface area (Å²) in [4.78, 5) is 29.6. The highest BCUT2D eigenvalue weighted by Crippen LogP contribution is 2.21. The topological polar surface area (TPSA) is 78.3 Å². The van der Waals surface area contributed by atoms with E-state index in [1.165, 1.54) is 4.57 Å². The van der Waals surface area contributed by atoms with E-state index in [1.54, 1.807) is 24.3 Å². The first-order valence-corrected chi connectivity index (χ1v) is 7.13. The van der Waals surface area contributed by atoms with Gasteiger partial charge in [0.25, 0.3) is 11.5 Å². The van der Waals surface area contributed by atoms with Crippen LogP contribution in [0.2, 0.25) is 0 Å². The molecule has 6 heteroatoms. The van der Waals surface area contributed by atoms with Gasteiger partial charge in [-0.15, -0.1) is 0 Å². The maximum absolute atomic E-state index is 12.6. The number of carbonyl (C=O) groups is 1. The molecular formula is C15H19N3O3. The average molecular weight is 289 g/mol. The smallest absolute Gasteiger partial charge is 0.260 e. The number of nitrogens with zero attached hydrogens (tertiary/aromatic N) is 2. The van der Waals surface area contributed by atoms with Crippen LogP contribution in [0.15, 0.2) is 17.2 Å². The van der Waals surface area contributed by atoms with E-state index in [-0.39, 0.29) is 11.5 Å². The number of aryl methyl sites for hydroxylation is 2. The Morgan fingerprint density at radius 3 is 2.95 bits per heavy atom. The Bertz CT molecular complexity index is 759. The Hall–Kier alpha value is -2.08. The van der Waals surface area contributed by atoms with Gasteiger partial charge in [0.2, 0.25) is 0 Å². The molecule has 1 aliphatic rings. The van der Waals surface area contributed by atoms with Gasteiger partial charge in [0.15, 0.2) is 0 Å². The van der Waals surface area contributed by atoms with Crippen LogP contribution >= 0.6 is 0 Å². The van der Waals surface area contributed by atoms with Crippen molar-refractivity contribution in [1.29, 1.82) is 0 Å². The Kier molecular flexibility index (Phi) is 3.33. The summed E-state index contributed by atoms with van der Waals surface area (Å²) >= 11 is 0. The molecule has 2 aromatic heterocycles. The van der Waals surface area contributed by atoms with Crippen LogP contribution in [0.5, 0.6) is 0 Å². The van der Waals surface area contributed by atoms with Crippen molar-refractivity contribution in [2.75, 3.05) is 13.1 Å². The Labute approximate surface area is 122 Å². The lowest BCUT2D eigenvalue weighted by molar-refractivity contribution is 0.0475. The first-order valence-electron chi connectivity index (χ1n) is 7.13. The zero-order chi connectivity index (χ0) is 15.1. The largest absolute Gasteiger partial charge is 0.391 e. The van der Waals surface area contributed by atoms with Crippen molar-refractivity contribution in [1.82, 2.24) is 14.5 Å². The Morgan fingerprint density at radius 2 is 2.24 bits per heavy atom. The number of aromatic nitrogens is 2. The van der Waals surface area contributed by atoms with Crippen LogP contribution in [0, 0.1) is 6.92 Å². The van der Waals surface area contributed by atoms with Gasteiger partial charge in [0.05, 0.1) is 22.6 Å². The maximum atomic E-state index is 12.6. The second-order valence-electron chi connectivity index (χ2n) is 5.73. The van der Waals surface area contributed by atoms with Gasteiger partial charge in [0.1, 0.15) is 0 Å². The minimum atomic E-state index is -0.475. The maximum Gasteiger partial charge on any atom is 0.260 e. The molecule has 1 amide bonds. The molecule has 1 saturated heterocycles.